The molecule has 6 nitrogen and oxygen atoms in total. The topological polar surface area (TPSA) is 57.5 Å². The molecule has 1 heterocycles. The lowest BCUT2D eigenvalue weighted by molar-refractivity contribution is 0.297. The lowest BCUT2D eigenvalue weighted by Crippen LogP contribution is -2.46. The molecule has 0 saturated heterocycles. The molecule has 1 rings (SSSR count). The average molecular weight is 294 g/mol. The van der Waals surface area contributed by atoms with Crippen LogP contribution in [0.2, 0.25) is 0 Å². The molecule has 1 aromatic rings. The van der Waals surface area contributed by atoms with Crippen LogP contribution in [0.3, 0.4) is 0 Å². The highest BCUT2D eigenvalue weighted by Crippen LogP contribution is 2.16. The summed E-state index contributed by atoms with van der Waals surface area (Å²) in [6, 6.07) is 0.638. The molecule has 0 aliphatic rings. The molecule has 0 aliphatic heterocycles. The van der Waals surface area contributed by atoms with Gasteiger partial charge in [-0.05, 0) is 26.9 Å². The van der Waals surface area contributed by atoms with Crippen molar-refractivity contribution in [3.05, 3.63) is 18.0 Å². The predicted molar refractivity (Wildman–Crippen MR) is 88.4 cm³/mol. The fraction of sp³-hybridized carbons (Fsp3) is 0.733. The highest BCUT2D eigenvalue weighted by Gasteiger charge is 2.17. The Bertz CT molecular complexity index is 449. The number of rotatable bonds is 6. The first-order valence-electron chi connectivity index (χ1n) is 7.47. The Morgan fingerprint density at radius 3 is 2.48 bits per heavy atom. The smallest absolute Gasteiger partial charge is 0.191 e. The number of aromatic nitrogens is 2. The van der Waals surface area contributed by atoms with Crippen LogP contribution in [0.15, 0.2) is 17.4 Å². The zero-order valence-electron chi connectivity index (χ0n) is 14.4. The van der Waals surface area contributed by atoms with Gasteiger partial charge in [-0.15, -0.1) is 0 Å². The molecule has 2 atom stereocenters. The number of aryl methyl sites for hydroxylation is 1. The van der Waals surface area contributed by atoms with Crippen molar-refractivity contribution in [3.63, 3.8) is 0 Å². The van der Waals surface area contributed by atoms with Crippen LogP contribution in [0.4, 0.5) is 0 Å². The molecule has 0 bridgehead atoms. The third-order valence-corrected chi connectivity index (χ3v) is 3.78. The van der Waals surface area contributed by atoms with Crippen LogP contribution in [0.1, 0.15) is 32.4 Å². The molecule has 0 aliphatic carbocycles. The van der Waals surface area contributed by atoms with E-state index in [1.165, 1.54) is 5.56 Å². The summed E-state index contributed by atoms with van der Waals surface area (Å²) < 4.78 is 1.83. The fourth-order valence-electron chi connectivity index (χ4n) is 1.98. The monoisotopic (exact) mass is 294 g/mol. The Morgan fingerprint density at radius 2 is 2.05 bits per heavy atom. The number of nitrogens with zero attached hydrogens (tertiary/aromatic N) is 4. The molecule has 0 saturated carbocycles. The van der Waals surface area contributed by atoms with Crippen molar-refractivity contribution >= 4 is 5.96 Å². The van der Waals surface area contributed by atoms with Gasteiger partial charge in [0.15, 0.2) is 5.96 Å². The first-order chi connectivity index (χ1) is 9.85. The Balaban J connectivity index is 2.64. The van der Waals surface area contributed by atoms with Crippen molar-refractivity contribution in [2.24, 2.45) is 18.0 Å². The lowest BCUT2D eigenvalue weighted by atomic mass is 10.1. The number of aliphatic imine (C=N–C) groups is 1. The lowest BCUT2D eigenvalue weighted by Gasteiger charge is -2.26. The minimum Gasteiger partial charge on any atom is -0.354 e. The first-order valence-corrected chi connectivity index (χ1v) is 7.47. The number of hydrogen-bond donors (Lipinski definition) is 2. The maximum atomic E-state index is 4.30. The van der Waals surface area contributed by atoms with E-state index in [1.807, 2.05) is 17.9 Å². The molecule has 21 heavy (non-hydrogen) atoms. The first kappa shape index (κ1) is 17.5. The van der Waals surface area contributed by atoms with Gasteiger partial charge in [0.2, 0.25) is 0 Å². The summed E-state index contributed by atoms with van der Waals surface area (Å²) >= 11 is 0. The summed E-state index contributed by atoms with van der Waals surface area (Å²) in [5, 5.41) is 11.1. The van der Waals surface area contributed by atoms with E-state index in [1.54, 1.807) is 7.05 Å². The second-order valence-electron chi connectivity index (χ2n) is 6.06. The van der Waals surface area contributed by atoms with Crippen molar-refractivity contribution in [3.8, 4) is 0 Å². The Kier molecular flexibility index (Phi) is 6.68. The summed E-state index contributed by atoms with van der Waals surface area (Å²) in [6.07, 6.45) is 3.97. The summed E-state index contributed by atoms with van der Waals surface area (Å²) in [5.74, 6) is 1.40. The van der Waals surface area contributed by atoms with E-state index >= 15 is 0 Å². The normalized spacial score (nSPS) is 15.4. The Morgan fingerprint density at radius 1 is 1.38 bits per heavy atom. The van der Waals surface area contributed by atoms with Gasteiger partial charge in [-0.1, -0.05) is 13.8 Å². The van der Waals surface area contributed by atoms with Crippen LogP contribution < -0.4 is 10.6 Å². The maximum absolute atomic E-state index is 4.30. The van der Waals surface area contributed by atoms with Gasteiger partial charge in [0.25, 0.3) is 0 Å². The van der Waals surface area contributed by atoms with Crippen LogP contribution in [-0.2, 0) is 7.05 Å². The van der Waals surface area contributed by atoms with Crippen molar-refractivity contribution in [2.45, 2.75) is 32.9 Å². The fourth-order valence-corrected chi connectivity index (χ4v) is 1.98. The third kappa shape index (κ3) is 5.38. The van der Waals surface area contributed by atoms with E-state index in [0.29, 0.717) is 12.0 Å². The van der Waals surface area contributed by atoms with Gasteiger partial charge in [-0.2, -0.15) is 5.10 Å². The number of hydrogen-bond acceptors (Lipinski definition) is 3. The molecule has 1 aromatic heterocycles. The molecule has 0 fully saturated rings. The number of guanidine groups is 1. The van der Waals surface area contributed by atoms with Crippen molar-refractivity contribution in [1.82, 2.24) is 25.3 Å². The van der Waals surface area contributed by atoms with E-state index in [2.05, 4.69) is 66.7 Å². The van der Waals surface area contributed by atoms with Gasteiger partial charge in [0.1, 0.15) is 0 Å². The van der Waals surface area contributed by atoms with Crippen molar-refractivity contribution in [1.29, 1.82) is 0 Å². The molecular weight excluding hydrogens is 264 g/mol. The minimum absolute atomic E-state index is 0.256. The highest BCUT2D eigenvalue weighted by molar-refractivity contribution is 5.80. The quantitative estimate of drug-likeness (QED) is 0.612. The van der Waals surface area contributed by atoms with E-state index in [0.717, 1.165) is 12.5 Å². The van der Waals surface area contributed by atoms with Crippen molar-refractivity contribution < 1.29 is 0 Å². The zero-order valence-corrected chi connectivity index (χ0v) is 14.4. The summed E-state index contributed by atoms with van der Waals surface area (Å²) in [6.45, 7) is 7.34. The maximum Gasteiger partial charge on any atom is 0.191 e. The van der Waals surface area contributed by atoms with Gasteiger partial charge in [-0.3, -0.25) is 9.67 Å². The second kappa shape index (κ2) is 8.02. The molecule has 2 N–H and O–H groups in total. The van der Waals surface area contributed by atoms with E-state index in [-0.39, 0.29) is 6.04 Å². The molecule has 120 valence electrons. The molecule has 0 aromatic carbocycles. The summed E-state index contributed by atoms with van der Waals surface area (Å²) in [7, 11) is 7.89. The standard InChI is InChI=1S/C15H30N6/c1-11(2)12(3)19-15(16-4)17-9-14(20(5)6)13-8-18-21(7)10-13/h8,10-12,14H,9H2,1-7H3,(H2,16,17,19). The predicted octanol–water partition coefficient (Wildman–Crippen LogP) is 1.23. The van der Waals surface area contributed by atoms with Crippen molar-refractivity contribution in [2.75, 3.05) is 27.7 Å². The zero-order chi connectivity index (χ0) is 16.0. The van der Waals surface area contributed by atoms with Gasteiger partial charge < -0.3 is 15.5 Å². The molecule has 0 amide bonds. The molecule has 0 spiro atoms. The van der Waals surface area contributed by atoms with Gasteiger partial charge in [0, 0.05) is 38.4 Å². The molecule has 0 radical (unpaired) electrons. The SMILES string of the molecule is CN=C(NCC(c1cnn(C)c1)N(C)C)NC(C)C(C)C. The van der Waals surface area contributed by atoms with E-state index in [4.69, 9.17) is 0 Å². The third-order valence-electron chi connectivity index (χ3n) is 3.78. The van der Waals surface area contributed by atoms with E-state index < -0.39 is 0 Å². The summed E-state index contributed by atoms with van der Waals surface area (Å²) in [5.41, 5.74) is 1.20. The minimum atomic E-state index is 0.256. The second-order valence-corrected chi connectivity index (χ2v) is 6.06. The Labute approximate surface area is 128 Å². The van der Waals surface area contributed by atoms with Crippen LogP contribution in [0.25, 0.3) is 0 Å². The number of likely N-dealkylation sites (N-methyl/N-ethyl adjacent to an activating group) is 1. The average Bonchev–Trinajstić information content (AvgIpc) is 2.83. The van der Waals surface area contributed by atoms with Crippen LogP contribution in [0.5, 0.6) is 0 Å². The largest absolute Gasteiger partial charge is 0.354 e. The molecular formula is C15H30N6. The van der Waals surface area contributed by atoms with Crippen LogP contribution in [-0.4, -0.2) is 54.4 Å². The van der Waals surface area contributed by atoms with E-state index in [9.17, 15) is 0 Å². The van der Waals surface area contributed by atoms with Crippen LogP contribution in [0, 0.1) is 5.92 Å². The van der Waals surface area contributed by atoms with Gasteiger partial charge in [0.05, 0.1) is 12.2 Å². The molecule has 6 heteroatoms. The highest BCUT2D eigenvalue weighted by atomic mass is 15.3. The Hall–Kier alpha value is -1.56. The van der Waals surface area contributed by atoms with Crippen LogP contribution >= 0.6 is 0 Å². The number of nitrogens with one attached hydrogen (secondary N) is 2. The van der Waals surface area contributed by atoms with Gasteiger partial charge >= 0.3 is 0 Å². The summed E-state index contributed by atoms with van der Waals surface area (Å²) in [4.78, 5) is 6.48. The van der Waals surface area contributed by atoms with Gasteiger partial charge in [-0.25, -0.2) is 0 Å². The molecule has 2 unspecified atom stereocenters.